The first-order valence-electron chi connectivity index (χ1n) is 5.28. The highest BCUT2D eigenvalue weighted by atomic mass is 16.5. The number of methoxy groups -OCH3 is 1. The summed E-state index contributed by atoms with van der Waals surface area (Å²) in [5.74, 6) is 0.928. The van der Waals surface area contributed by atoms with Crippen LogP contribution in [0.2, 0.25) is 0 Å². The van der Waals surface area contributed by atoms with E-state index in [9.17, 15) is 0 Å². The molecular weight excluding hydrogens is 186 g/mol. The monoisotopic (exact) mass is 202 g/mol. The van der Waals surface area contributed by atoms with Crippen LogP contribution < -0.4 is 10.1 Å². The second kappa shape index (κ2) is 4.49. The third-order valence-corrected chi connectivity index (χ3v) is 2.79. The van der Waals surface area contributed by atoms with Gasteiger partial charge in [-0.15, -0.1) is 0 Å². The first kappa shape index (κ1) is 10.2. The molecule has 1 radical (unpaired) electrons. The molecule has 1 aliphatic rings. The van der Waals surface area contributed by atoms with Crippen molar-refractivity contribution in [1.82, 2.24) is 5.32 Å². The van der Waals surface area contributed by atoms with Crippen LogP contribution in [0.5, 0.6) is 5.75 Å². The molecule has 1 aliphatic heterocycles. The van der Waals surface area contributed by atoms with Crippen LogP contribution in [0.3, 0.4) is 0 Å². The van der Waals surface area contributed by atoms with Crippen LogP contribution in [0, 0.1) is 6.92 Å². The molecule has 79 valence electrons. The van der Waals surface area contributed by atoms with Gasteiger partial charge in [0.15, 0.2) is 0 Å². The zero-order valence-electron chi connectivity index (χ0n) is 9.29. The fourth-order valence-electron chi connectivity index (χ4n) is 1.94. The van der Waals surface area contributed by atoms with Gasteiger partial charge in [-0.2, -0.15) is 0 Å². The molecule has 2 rings (SSSR count). The lowest BCUT2D eigenvalue weighted by Crippen LogP contribution is -2.13. The Labute approximate surface area is 91.0 Å². The maximum absolute atomic E-state index is 5.20. The van der Waals surface area contributed by atoms with E-state index in [0.717, 1.165) is 25.3 Å². The first-order valence-corrected chi connectivity index (χ1v) is 5.28. The van der Waals surface area contributed by atoms with E-state index in [0.29, 0.717) is 0 Å². The minimum absolute atomic E-state index is 0.862. The van der Waals surface area contributed by atoms with E-state index in [-0.39, 0.29) is 0 Å². The van der Waals surface area contributed by atoms with Gasteiger partial charge < -0.3 is 4.74 Å². The van der Waals surface area contributed by atoms with Crippen LogP contribution in [-0.2, 0) is 0 Å². The highest BCUT2D eigenvalue weighted by Gasteiger charge is 2.09. The van der Waals surface area contributed by atoms with Gasteiger partial charge in [-0.3, -0.25) is 0 Å². The van der Waals surface area contributed by atoms with E-state index in [4.69, 9.17) is 4.74 Å². The molecule has 0 aromatic heterocycles. The van der Waals surface area contributed by atoms with Crippen LogP contribution in [0.4, 0.5) is 0 Å². The molecule has 1 aromatic carbocycles. The SMILES string of the molecule is COc1ccc(C2=CC[N]CC2)c(C)c1. The summed E-state index contributed by atoms with van der Waals surface area (Å²) in [5.41, 5.74) is 4.04. The van der Waals surface area contributed by atoms with Crippen molar-refractivity contribution in [2.24, 2.45) is 0 Å². The van der Waals surface area contributed by atoms with Gasteiger partial charge in [0.1, 0.15) is 5.75 Å². The Kier molecular flexibility index (Phi) is 3.07. The third kappa shape index (κ3) is 2.21. The highest BCUT2D eigenvalue weighted by molar-refractivity contribution is 5.69. The standard InChI is InChI=1S/C13H16NO/c1-10-9-12(15-2)3-4-13(10)11-5-7-14-8-6-11/h3-5,9H,6-8H2,1-2H3. The zero-order chi connectivity index (χ0) is 10.7. The van der Waals surface area contributed by atoms with Gasteiger partial charge in [0.05, 0.1) is 7.11 Å². The Balaban J connectivity index is 2.32. The molecule has 0 saturated heterocycles. The quantitative estimate of drug-likeness (QED) is 0.722. The number of nitrogens with zero attached hydrogens (tertiary/aromatic N) is 1. The number of rotatable bonds is 2. The van der Waals surface area contributed by atoms with Crippen molar-refractivity contribution in [3.63, 3.8) is 0 Å². The summed E-state index contributed by atoms with van der Waals surface area (Å²) in [4.78, 5) is 0. The summed E-state index contributed by atoms with van der Waals surface area (Å²) < 4.78 is 5.20. The summed E-state index contributed by atoms with van der Waals surface area (Å²) in [5, 5.41) is 4.32. The molecule has 0 N–H and O–H groups in total. The molecule has 0 aliphatic carbocycles. The van der Waals surface area contributed by atoms with Crippen LogP contribution in [0.15, 0.2) is 24.3 Å². The lowest BCUT2D eigenvalue weighted by molar-refractivity contribution is 0.414. The van der Waals surface area contributed by atoms with Crippen molar-refractivity contribution in [1.29, 1.82) is 0 Å². The highest BCUT2D eigenvalue weighted by Crippen LogP contribution is 2.26. The van der Waals surface area contributed by atoms with Crippen molar-refractivity contribution in [2.45, 2.75) is 13.3 Å². The van der Waals surface area contributed by atoms with E-state index in [2.05, 4.69) is 30.4 Å². The van der Waals surface area contributed by atoms with E-state index >= 15 is 0 Å². The summed E-state index contributed by atoms with van der Waals surface area (Å²) >= 11 is 0. The minimum Gasteiger partial charge on any atom is -0.497 e. The van der Waals surface area contributed by atoms with Gasteiger partial charge in [-0.1, -0.05) is 12.1 Å². The lowest BCUT2D eigenvalue weighted by atomic mass is 9.96. The molecule has 0 amide bonds. The second-order valence-electron chi connectivity index (χ2n) is 3.79. The molecule has 0 saturated carbocycles. The Morgan fingerprint density at radius 1 is 1.33 bits per heavy atom. The molecule has 0 spiro atoms. The Bertz CT molecular complexity index is 382. The Hall–Kier alpha value is -1.28. The molecule has 2 heteroatoms. The maximum Gasteiger partial charge on any atom is 0.119 e. The van der Waals surface area contributed by atoms with Crippen LogP contribution in [0.1, 0.15) is 17.5 Å². The summed E-state index contributed by atoms with van der Waals surface area (Å²) in [6, 6.07) is 6.25. The summed E-state index contributed by atoms with van der Waals surface area (Å²) in [6.07, 6.45) is 3.28. The van der Waals surface area contributed by atoms with E-state index in [1.54, 1.807) is 7.11 Å². The van der Waals surface area contributed by atoms with Crippen LogP contribution >= 0.6 is 0 Å². The largest absolute Gasteiger partial charge is 0.497 e. The number of ether oxygens (including phenoxy) is 1. The number of aryl methyl sites for hydroxylation is 1. The first-order chi connectivity index (χ1) is 7.31. The molecular formula is C13H16NO. The predicted molar refractivity (Wildman–Crippen MR) is 62.2 cm³/mol. The maximum atomic E-state index is 5.20. The normalized spacial score (nSPS) is 16.0. The smallest absolute Gasteiger partial charge is 0.119 e. The van der Waals surface area contributed by atoms with E-state index in [1.807, 2.05) is 6.07 Å². The fraction of sp³-hybridized carbons (Fsp3) is 0.385. The molecule has 15 heavy (non-hydrogen) atoms. The average molecular weight is 202 g/mol. The van der Waals surface area contributed by atoms with E-state index in [1.165, 1.54) is 16.7 Å². The average Bonchev–Trinajstić information content (AvgIpc) is 2.30. The van der Waals surface area contributed by atoms with Gasteiger partial charge in [-0.25, -0.2) is 5.32 Å². The summed E-state index contributed by atoms with van der Waals surface area (Å²) in [7, 11) is 1.70. The van der Waals surface area contributed by atoms with Gasteiger partial charge in [-0.05, 0) is 42.2 Å². The molecule has 1 aromatic rings. The van der Waals surface area contributed by atoms with Crippen LogP contribution in [-0.4, -0.2) is 20.2 Å². The van der Waals surface area contributed by atoms with Crippen LogP contribution in [0.25, 0.3) is 5.57 Å². The van der Waals surface area contributed by atoms with Gasteiger partial charge in [0.25, 0.3) is 0 Å². The van der Waals surface area contributed by atoms with Crippen molar-refractivity contribution in [3.05, 3.63) is 35.4 Å². The van der Waals surface area contributed by atoms with Gasteiger partial charge in [0.2, 0.25) is 0 Å². The molecule has 0 bridgehead atoms. The zero-order valence-corrected chi connectivity index (χ0v) is 9.29. The Morgan fingerprint density at radius 2 is 2.20 bits per heavy atom. The number of benzene rings is 1. The van der Waals surface area contributed by atoms with Crippen molar-refractivity contribution >= 4 is 5.57 Å². The number of hydrogen-bond acceptors (Lipinski definition) is 1. The fourth-order valence-corrected chi connectivity index (χ4v) is 1.94. The minimum atomic E-state index is 0.862. The number of hydrogen-bond donors (Lipinski definition) is 0. The predicted octanol–water partition coefficient (Wildman–Crippen LogP) is 2.40. The Morgan fingerprint density at radius 3 is 2.80 bits per heavy atom. The lowest BCUT2D eigenvalue weighted by Gasteiger charge is -2.15. The van der Waals surface area contributed by atoms with Gasteiger partial charge in [0, 0.05) is 13.1 Å². The molecule has 0 fully saturated rings. The van der Waals surface area contributed by atoms with Crippen molar-refractivity contribution in [3.8, 4) is 5.75 Å². The third-order valence-electron chi connectivity index (χ3n) is 2.79. The van der Waals surface area contributed by atoms with Crippen molar-refractivity contribution in [2.75, 3.05) is 20.2 Å². The second-order valence-corrected chi connectivity index (χ2v) is 3.79. The summed E-state index contributed by atoms with van der Waals surface area (Å²) in [6.45, 7) is 3.95. The van der Waals surface area contributed by atoms with Gasteiger partial charge >= 0.3 is 0 Å². The molecule has 2 nitrogen and oxygen atoms in total. The molecule has 0 atom stereocenters. The molecule has 0 unspecified atom stereocenters. The van der Waals surface area contributed by atoms with E-state index < -0.39 is 0 Å². The topological polar surface area (TPSA) is 23.3 Å². The molecule has 1 heterocycles. The van der Waals surface area contributed by atoms with Crippen molar-refractivity contribution < 1.29 is 4.74 Å².